The van der Waals surface area contributed by atoms with Crippen LogP contribution in [-0.2, 0) is 10.8 Å². The average molecular weight is 291 g/mol. The summed E-state index contributed by atoms with van der Waals surface area (Å²) in [6, 6.07) is 20.6. The number of alkyl halides is 2. The number of hydrogen-bond donors (Lipinski definition) is 0. The van der Waals surface area contributed by atoms with Gasteiger partial charge in [0.25, 0.3) is 0 Å². The Balaban J connectivity index is 2.15. The lowest BCUT2D eigenvalue weighted by Crippen LogP contribution is -2.15. The van der Waals surface area contributed by atoms with E-state index in [-0.39, 0.29) is 10.8 Å². The number of rotatable bonds is 2. The molecule has 0 heterocycles. The van der Waals surface area contributed by atoms with E-state index in [0.29, 0.717) is 0 Å². The molecule has 98 valence electrons. The normalized spacial score (nSPS) is 32.0. The van der Waals surface area contributed by atoms with Gasteiger partial charge in [-0.25, -0.2) is 0 Å². The van der Waals surface area contributed by atoms with E-state index in [1.54, 1.807) is 0 Å². The molecule has 0 bridgehead atoms. The summed E-state index contributed by atoms with van der Waals surface area (Å²) in [7, 11) is 0. The molecule has 2 heteroatoms. The molecule has 1 aliphatic carbocycles. The van der Waals surface area contributed by atoms with Crippen LogP contribution >= 0.6 is 23.2 Å². The van der Waals surface area contributed by atoms with Crippen molar-refractivity contribution in [1.29, 1.82) is 0 Å². The fourth-order valence-electron chi connectivity index (χ4n) is 3.28. The highest BCUT2D eigenvalue weighted by atomic mass is 35.5. The fraction of sp³-hybridized carbons (Fsp3) is 0.294. The summed E-state index contributed by atoms with van der Waals surface area (Å²) in [5.74, 6) is 0. The molecule has 0 aliphatic heterocycles. The Morgan fingerprint density at radius 2 is 0.947 bits per heavy atom. The predicted molar refractivity (Wildman–Crippen MR) is 82.0 cm³/mol. The molecule has 19 heavy (non-hydrogen) atoms. The van der Waals surface area contributed by atoms with Gasteiger partial charge in [0.15, 0.2) is 0 Å². The van der Waals surface area contributed by atoms with Crippen molar-refractivity contribution in [1.82, 2.24) is 0 Å². The molecule has 2 aromatic rings. The zero-order valence-electron chi connectivity index (χ0n) is 11.0. The van der Waals surface area contributed by atoms with Gasteiger partial charge in [0.05, 0.1) is 0 Å². The second-order valence-corrected chi connectivity index (χ2v) is 6.88. The molecule has 1 fully saturated rings. The van der Waals surface area contributed by atoms with E-state index < -0.39 is 4.33 Å². The summed E-state index contributed by atoms with van der Waals surface area (Å²) >= 11 is 13.4. The van der Waals surface area contributed by atoms with Crippen molar-refractivity contribution in [2.45, 2.75) is 29.0 Å². The largest absolute Gasteiger partial charge is 0.138 e. The van der Waals surface area contributed by atoms with Gasteiger partial charge in [0.1, 0.15) is 4.33 Å². The Morgan fingerprint density at radius 1 is 0.632 bits per heavy atom. The van der Waals surface area contributed by atoms with Gasteiger partial charge in [-0.1, -0.05) is 97.7 Å². The summed E-state index contributed by atoms with van der Waals surface area (Å²) in [5, 5.41) is 0. The minimum Gasteiger partial charge on any atom is -0.0996 e. The first-order chi connectivity index (χ1) is 8.96. The summed E-state index contributed by atoms with van der Waals surface area (Å²) < 4.78 is -0.789. The number of benzene rings is 2. The third-order valence-electron chi connectivity index (χ3n) is 4.90. The van der Waals surface area contributed by atoms with Crippen LogP contribution in [0.25, 0.3) is 0 Å². The van der Waals surface area contributed by atoms with Crippen molar-refractivity contribution in [3.63, 3.8) is 0 Å². The molecule has 2 unspecified atom stereocenters. The summed E-state index contributed by atoms with van der Waals surface area (Å²) in [6.45, 7) is 4.30. The standard InChI is InChI=1S/C17H16Cl2/c1-15(13-9-5-3-6-10-13)16(2,17(15,18)19)14-11-7-4-8-12-14/h3-12H,1-2H3. The van der Waals surface area contributed by atoms with E-state index in [9.17, 15) is 0 Å². The van der Waals surface area contributed by atoms with Crippen molar-refractivity contribution in [3.8, 4) is 0 Å². The van der Waals surface area contributed by atoms with E-state index in [4.69, 9.17) is 23.2 Å². The van der Waals surface area contributed by atoms with Crippen LogP contribution in [0.15, 0.2) is 60.7 Å². The molecular formula is C17H16Cl2. The van der Waals surface area contributed by atoms with Gasteiger partial charge in [0.2, 0.25) is 0 Å². The third-order valence-corrected chi connectivity index (χ3v) is 6.41. The molecule has 2 aromatic carbocycles. The molecule has 0 radical (unpaired) electrons. The topological polar surface area (TPSA) is 0 Å². The predicted octanol–water partition coefficient (Wildman–Crippen LogP) is 5.09. The van der Waals surface area contributed by atoms with Gasteiger partial charge in [-0.3, -0.25) is 0 Å². The van der Waals surface area contributed by atoms with Gasteiger partial charge < -0.3 is 0 Å². The highest BCUT2D eigenvalue weighted by molar-refractivity contribution is 6.54. The van der Waals surface area contributed by atoms with Crippen molar-refractivity contribution >= 4 is 23.2 Å². The van der Waals surface area contributed by atoms with Gasteiger partial charge in [-0.05, 0) is 11.1 Å². The van der Waals surface area contributed by atoms with Gasteiger partial charge in [-0.15, -0.1) is 0 Å². The summed E-state index contributed by atoms with van der Waals surface area (Å²) in [6.07, 6.45) is 0. The SMILES string of the molecule is CC1(c2ccccc2)C(Cl)(Cl)C1(C)c1ccccc1. The Morgan fingerprint density at radius 3 is 1.26 bits per heavy atom. The van der Waals surface area contributed by atoms with Gasteiger partial charge in [-0.2, -0.15) is 0 Å². The quantitative estimate of drug-likeness (QED) is 0.676. The average Bonchev–Trinajstić information content (AvgIpc) is 2.82. The smallest absolute Gasteiger partial charge is 0.0996 e. The number of halogens is 2. The molecule has 0 spiro atoms. The molecule has 0 saturated heterocycles. The van der Waals surface area contributed by atoms with E-state index in [1.807, 2.05) is 36.4 Å². The summed E-state index contributed by atoms with van der Waals surface area (Å²) in [4.78, 5) is 0. The second-order valence-electron chi connectivity index (χ2n) is 5.56. The zero-order valence-corrected chi connectivity index (χ0v) is 12.5. The molecule has 0 N–H and O–H groups in total. The molecule has 0 amide bonds. The van der Waals surface area contributed by atoms with Crippen LogP contribution in [0, 0.1) is 0 Å². The van der Waals surface area contributed by atoms with Gasteiger partial charge in [0, 0.05) is 10.8 Å². The molecule has 1 aliphatic rings. The Hall–Kier alpha value is -0.980. The lowest BCUT2D eigenvalue weighted by Gasteiger charge is -2.18. The second kappa shape index (κ2) is 4.01. The molecule has 1 saturated carbocycles. The Labute approximate surface area is 124 Å². The monoisotopic (exact) mass is 290 g/mol. The van der Waals surface area contributed by atoms with Crippen molar-refractivity contribution in [2.75, 3.05) is 0 Å². The minimum absolute atomic E-state index is 0.272. The first kappa shape index (κ1) is 13.0. The lowest BCUT2D eigenvalue weighted by molar-refractivity contribution is 0.620. The van der Waals surface area contributed by atoms with E-state index in [2.05, 4.69) is 38.1 Å². The summed E-state index contributed by atoms with van der Waals surface area (Å²) in [5.41, 5.74) is 1.83. The van der Waals surface area contributed by atoms with E-state index in [1.165, 1.54) is 11.1 Å². The van der Waals surface area contributed by atoms with Gasteiger partial charge >= 0.3 is 0 Å². The maximum absolute atomic E-state index is 6.69. The number of hydrogen-bond acceptors (Lipinski definition) is 0. The Bertz CT molecular complexity index is 538. The first-order valence-electron chi connectivity index (χ1n) is 6.45. The van der Waals surface area contributed by atoms with Crippen LogP contribution in [0.2, 0.25) is 0 Å². The van der Waals surface area contributed by atoms with Crippen LogP contribution in [-0.4, -0.2) is 4.33 Å². The third kappa shape index (κ3) is 1.42. The van der Waals surface area contributed by atoms with Crippen LogP contribution in [0.4, 0.5) is 0 Å². The van der Waals surface area contributed by atoms with Crippen molar-refractivity contribution in [2.24, 2.45) is 0 Å². The molecule has 3 rings (SSSR count). The van der Waals surface area contributed by atoms with Crippen molar-refractivity contribution < 1.29 is 0 Å². The highest BCUT2D eigenvalue weighted by Crippen LogP contribution is 2.77. The maximum Gasteiger partial charge on any atom is 0.138 e. The fourth-order valence-corrected chi connectivity index (χ4v) is 4.38. The lowest BCUT2D eigenvalue weighted by atomic mass is 9.84. The minimum atomic E-state index is -0.789. The van der Waals surface area contributed by atoms with Crippen LogP contribution < -0.4 is 0 Å². The van der Waals surface area contributed by atoms with Crippen LogP contribution in [0.5, 0.6) is 0 Å². The molecule has 0 aromatic heterocycles. The Kier molecular flexibility index (Phi) is 2.75. The van der Waals surface area contributed by atoms with E-state index >= 15 is 0 Å². The maximum atomic E-state index is 6.69. The first-order valence-corrected chi connectivity index (χ1v) is 7.21. The van der Waals surface area contributed by atoms with Crippen molar-refractivity contribution in [3.05, 3.63) is 71.8 Å². The highest BCUT2D eigenvalue weighted by Gasteiger charge is 2.82. The zero-order chi connectivity index (χ0) is 13.7. The van der Waals surface area contributed by atoms with Crippen LogP contribution in [0.1, 0.15) is 25.0 Å². The van der Waals surface area contributed by atoms with Crippen LogP contribution in [0.3, 0.4) is 0 Å². The molecule has 2 atom stereocenters. The molecular weight excluding hydrogens is 275 g/mol. The molecule has 0 nitrogen and oxygen atoms in total. The van der Waals surface area contributed by atoms with E-state index in [0.717, 1.165) is 0 Å².